The van der Waals surface area contributed by atoms with E-state index in [2.05, 4.69) is 19.2 Å². The Labute approximate surface area is 110 Å². The number of rotatable bonds is 3. The number of hydrogen-bond donors (Lipinski definition) is 2. The van der Waals surface area contributed by atoms with Crippen LogP contribution >= 0.6 is 0 Å². The van der Waals surface area contributed by atoms with Gasteiger partial charge in [0.15, 0.2) is 0 Å². The smallest absolute Gasteiger partial charge is 0.226 e. The maximum Gasteiger partial charge on any atom is 0.226 e. The van der Waals surface area contributed by atoms with Crippen LogP contribution < -0.4 is 5.32 Å². The predicted molar refractivity (Wildman–Crippen MR) is 71.3 cm³/mol. The number of amides is 1. The van der Waals surface area contributed by atoms with Crippen LogP contribution in [0.15, 0.2) is 0 Å². The van der Waals surface area contributed by atoms with E-state index in [4.69, 9.17) is 9.84 Å². The molecule has 1 aliphatic heterocycles. The second kappa shape index (κ2) is 6.53. The Morgan fingerprint density at radius 1 is 1.22 bits per heavy atom. The van der Waals surface area contributed by atoms with Gasteiger partial charge < -0.3 is 15.2 Å². The van der Waals surface area contributed by atoms with Gasteiger partial charge in [0.1, 0.15) is 0 Å². The zero-order valence-corrected chi connectivity index (χ0v) is 11.9. The monoisotopic (exact) mass is 257 g/mol. The van der Waals surface area contributed by atoms with Gasteiger partial charge in [-0.15, -0.1) is 0 Å². The highest BCUT2D eigenvalue weighted by molar-refractivity contribution is 5.83. The molecule has 0 atom stereocenters. The van der Waals surface area contributed by atoms with Gasteiger partial charge in [-0.25, -0.2) is 0 Å². The van der Waals surface area contributed by atoms with Crippen LogP contribution in [0.1, 0.15) is 52.9 Å². The zero-order chi connectivity index (χ0) is 13.6. The molecular formula is C14H27NO3. The van der Waals surface area contributed by atoms with E-state index in [0.717, 1.165) is 25.7 Å². The third-order valence-corrected chi connectivity index (χ3v) is 3.68. The first-order valence-corrected chi connectivity index (χ1v) is 7.03. The van der Waals surface area contributed by atoms with Crippen LogP contribution in [-0.2, 0) is 9.53 Å². The number of ether oxygens (including phenoxy) is 1. The quantitative estimate of drug-likeness (QED) is 0.811. The first-order chi connectivity index (χ1) is 8.52. The SMILES string of the molecule is CC1(C(=O)NC2(CO)CC2)CCOCC1.CCC. The Bertz CT molecular complexity index is 268. The molecule has 2 N–H and O–H groups in total. The lowest BCUT2D eigenvalue weighted by Crippen LogP contribution is -2.49. The standard InChI is InChI=1S/C11H19NO3.C3H8/c1-10(4-6-15-7-5-10)9(14)12-11(8-13)2-3-11;1-3-2/h13H,2-8H2,1H3,(H,12,14);3H2,1-2H3. The largest absolute Gasteiger partial charge is 0.394 e. The molecule has 1 aliphatic carbocycles. The fourth-order valence-corrected chi connectivity index (χ4v) is 1.91. The second-order valence-corrected chi connectivity index (χ2v) is 5.77. The highest BCUT2D eigenvalue weighted by Gasteiger charge is 2.47. The molecule has 0 unspecified atom stereocenters. The number of nitrogens with one attached hydrogen (secondary N) is 1. The van der Waals surface area contributed by atoms with Crippen LogP contribution in [0.5, 0.6) is 0 Å². The maximum atomic E-state index is 12.1. The van der Waals surface area contributed by atoms with E-state index in [0.29, 0.717) is 13.2 Å². The van der Waals surface area contributed by atoms with E-state index < -0.39 is 0 Å². The van der Waals surface area contributed by atoms with E-state index >= 15 is 0 Å². The fraction of sp³-hybridized carbons (Fsp3) is 0.929. The molecule has 1 saturated carbocycles. The minimum absolute atomic E-state index is 0.0608. The molecule has 0 aromatic rings. The average molecular weight is 257 g/mol. The molecule has 0 bridgehead atoms. The van der Waals surface area contributed by atoms with Crippen LogP contribution in [0, 0.1) is 5.41 Å². The minimum Gasteiger partial charge on any atom is -0.394 e. The first-order valence-electron chi connectivity index (χ1n) is 7.03. The molecule has 0 aromatic carbocycles. The van der Waals surface area contributed by atoms with Crippen LogP contribution in [0.2, 0.25) is 0 Å². The van der Waals surface area contributed by atoms with Crippen LogP contribution in [0.4, 0.5) is 0 Å². The highest BCUT2D eigenvalue weighted by atomic mass is 16.5. The lowest BCUT2D eigenvalue weighted by Gasteiger charge is -2.33. The third kappa shape index (κ3) is 3.95. The maximum absolute atomic E-state index is 12.1. The molecule has 1 amide bonds. The molecule has 0 spiro atoms. The predicted octanol–water partition coefficient (Wildman–Crippen LogP) is 1.86. The summed E-state index contributed by atoms with van der Waals surface area (Å²) in [6.07, 6.45) is 4.62. The fourth-order valence-electron chi connectivity index (χ4n) is 1.91. The molecule has 18 heavy (non-hydrogen) atoms. The normalized spacial score (nSPS) is 23.6. The van der Waals surface area contributed by atoms with Crippen molar-refractivity contribution >= 4 is 5.91 Å². The van der Waals surface area contributed by atoms with E-state index in [-0.39, 0.29) is 23.5 Å². The summed E-state index contributed by atoms with van der Waals surface area (Å²) in [6, 6.07) is 0. The molecule has 4 nitrogen and oxygen atoms in total. The summed E-state index contributed by atoms with van der Waals surface area (Å²) in [4.78, 5) is 12.1. The molecular weight excluding hydrogens is 230 g/mol. The van der Waals surface area contributed by atoms with Crippen molar-refractivity contribution in [2.24, 2.45) is 5.41 Å². The van der Waals surface area contributed by atoms with Crippen molar-refractivity contribution in [1.82, 2.24) is 5.32 Å². The van der Waals surface area contributed by atoms with Gasteiger partial charge in [0.25, 0.3) is 0 Å². The van der Waals surface area contributed by atoms with E-state index in [1.54, 1.807) is 0 Å². The average Bonchev–Trinajstić information content (AvgIpc) is 3.11. The summed E-state index contributed by atoms with van der Waals surface area (Å²) in [6.45, 7) is 7.62. The van der Waals surface area contributed by atoms with Gasteiger partial charge in [-0.3, -0.25) is 4.79 Å². The lowest BCUT2D eigenvalue weighted by molar-refractivity contribution is -0.136. The summed E-state index contributed by atoms with van der Waals surface area (Å²) < 4.78 is 5.26. The molecule has 106 valence electrons. The number of carbonyl (C=O) groups is 1. The molecule has 0 radical (unpaired) electrons. The number of carbonyl (C=O) groups excluding carboxylic acids is 1. The highest BCUT2D eigenvalue weighted by Crippen LogP contribution is 2.37. The molecule has 1 heterocycles. The van der Waals surface area contributed by atoms with E-state index in [1.165, 1.54) is 6.42 Å². The summed E-state index contributed by atoms with van der Waals surface area (Å²) >= 11 is 0. The minimum atomic E-state index is -0.303. The van der Waals surface area contributed by atoms with Gasteiger partial charge in [0.2, 0.25) is 5.91 Å². The number of aliphatic hydroxyl groups excluding tert-OH is 1. The third-order valence-electron chi connectivity index (χ3n) is 3.68. The Kier molecular flexibility index (Phi) is 5.60. The first kappa shape index (κ1) is 15.4. The Hall–Kier alpha value is -0.610. The Morgan fingerprint density at radius 3 is 2.11 bits per heavy atom. The van der Waals surface area contributed by atoms with Crippen molar-refractivity contribution < 1.29 is 14.6 Å². The summed E-state index contributed by atoms with van der Waals surface area (Å²) in [5, 5.41) is 12.1. The van der Waals surface area contributed by atoms with Gasteiger partial charge in [-0.1, -0.05) is 27.2 Å². The summed E-state index contributed by atoms with van der Waals surface area (Å²) in [5.41, 5.74) is -0.596. The van der Waals surface area contributed by atoms with Crippen LogP contribution in [-0.4, -0.2) is 36.4 Å². The summed E-state index contributed by atoms with van der Waals surface area (Å²) in [5.74, 6) is 0.0809. The van der Waals surface area contributed by atoms with E-state index in [9.17, 15) is 4.79 Å². The van der Waals surface area contributed by atoms with Gasteiger partial charge in [0, 0.05) is 13.2 Å². The van der Waals surface area contributed by atoms with E-state index in [1.807, 2.05) is 6.92 Å². The molecule has 2 rings (SSSR count). The second-order valence-electron chi connectivity index (χ2n) is 5.77. The van der Waals surface area contributed by atoms with Gasteiger partial charge in [-0.2, -0.15) is 0 Å². The van der Waals surface area contributed by atoms with Crippen LogP contribution in [0.3, 0.4) is 0 Å². The molecule has 4 heteroatoms. The topological polar surface area (TPSA) is 58.6 Å². The van der Waals surface area contributed by atoms with Crippen molar-refractivity contribution in [2.75, 3.05) is 19.8 Å². The molecule has 2 aliphatic rings. The molecule has 0 aromatic heterocycles. The van der Waals surface area contributed by atoms with Crippen molar-refractivity contribution in [3.63, 3.8) is 0 Å². The lowest BCUT2D eigenvalue weighted by atomic mass is 9.81. The zero-order valence-electron chi connectivity index (χ0n) is 11.9. The van der Waals surface area contributed by atoms with Crippen molar-refractivity contribution in [1.29, 1.82) is 0 Å². The van der Waals surface area contributed by atoms with Crippen LogP contribution in [0.25, 0.3) is 0 Å². The van der Waals surface area contributed by atoms with Crippen molar-refractivity contribution in [3.05, 3.63) is 0 Å². The summed E-state index contributed by atoms with van der Waals surface area (Å²) in [7, 11) is 0. The molecule has 2 fully saturated rings. The number of hydrogen-bond acceptors (Lipinski definition) is 3. The van der Waals surface area contributed by atoms with Gasteiger partial charge in [0.05, 0.1) is 17.6 Å². The Morgan fingerprint density at radius 2 is 1.72 bits per heavy atom. The Balaban J connectivity index is 0.000000492. The van der Waals surface area contributed by atoms with Crippen molar-refractivity contribution in [3.8, 4) is 0 Å². The van der Waals surface area contributed by atoms with Crippen molar-refractivity contribution in [2.45, 2.75) is 58.4 Å². The molecule has 1 saturated heterocycles. The number of aliphatic hydroxyl groups is 1. The van der Waals surface area contributed by atoms with Gasteiger partial charge >= 0.3 is 0 Å². The van der Waals surface area contributed by atoms with Gasteiger partial charge in [-0.05, 0) is 25.7 Å².